The molecule has 0 heterocycles. The van der Waals surface area contributed by atoms with Crippen LogP contribution in [0.1, 0.15) is 11.1 Å². The van der Waals surface area contributed by atoms with E-state index in [1.165, 1.54) is 31.4 Å². The summed E-state index contributed by atoms with van der Waals surface area (Å²) < 4.78 is 38.3. The molecule has 0 unspecified atom stereocenters. The summed E-state index contributed by atoms with van der Waals surface area (Å²) in [6, 6.07) is 18.2. The number of sulfonamides is 1. The molecule has 0 saturated heterocycles. The van der Waals surface area contributed by atoms with Crippen LogP contribution in [0.15, 0.2) is 71.6 Å². The number of aryl methyl sites for hydroxylation is 2. The minimum atomic E-state index is -3.78. The predicted molar refractivity (Wildman–Crippen MR) is 120 cm³/mol. The lowest BCUT2D eigenvalue weighted by atomic mass is 10.1. The highest BCUT2D eigenvalue weighted by Gasteiger charge is 2.15. The van der Waals surface area contributed by atoms with Crippen LogP contribution < -0.4 is 19.5 Å². The summed E-state index contributed by atoms with van der Waals surface area (Å²) in [7, 11) is -2.27. The average molecular weight is 441 g/mol. The standard InChI is InChI=1S/C23H24N2O5S/c1-16-11-17(2)13-21(12-16)30-15-23(26)24-18-7-9-22(10-8-18)31(27,28)25-19-5-4-6-20(14-19)29-3/h4-14,25H,15H2,1-3H3,(H,24,26). The van der Waals surface area contributed by atoms with Gasteiger partial charge in [-0.25, -0.2) is 8.42 Å². The average Bonchev–Trinajstić information content (AvgIpc) is 2.72. The van der Waals surface area contributed by atoms with Crippen molar-refractivity contribution in [1.29, 1.82) is 0 Å². The van der Waals surface area contributed by atoms with Crippen molar-refractivity contribution in [3.05, 3.63) is 77.9 Å². The molecule has 0 aliphatic carbocycles. The SMILES string of the molecule is COc1cccc(NS(=O)(=O)c2ccc(NC(=O)COc3cc(C)cc(C)c3)cc2)c1. The minimum Gasteiger partial charge on any atom is -0.497 e. The van der Waals surface area contributed by atoms with Crippen molar-refractivity contribution in [3.63, 3.8) is 0 Å². The minimum absolute atomic E-state index is 0.0693. The van der Waals surface area contributed by atoms with E-state index >= 15 is 0 Å². The van der Waals surface area contributed by atoms with Crippen LogP contribution in [0.3, 0.4) is 0 Å². The molecule has 0 spiro atoms. The Bertz CT molecular complexity index is 1150. The highest BCUT2D eigenvalue weighted by molar-refractivity contribution is 7.92. The van der Waals surface area contributed by atoms with Gasteiger partial charge in [-0.15, -0.1) is 0 Å². The van der Waals surface area contributed by atoms with Gasteiger partial charge in [0, 0.05) is 11.8 Å². The zero-order valence-corrected chi connectivity index (χ0v) is 18.3. The van der Waals surface area contributed by atoms with Gasteiger partial charge >= 0.3 is 0 Å². The smallest absolute Gasteiger partial charge is 0.262 e. The molecule has 0 aliphatic heterocycles. The summed E-state index contributed by atoms with van der Waals surface area (Å²) in [6.07, 6.45) is 0. The van der Waals surface area contributed by atoms with Crippen molar-refractivity contribution in [2.24, 2.45) is 0 Å². The quantitative estimate of drug-likeness (QED) is 0.549. The Morgan fingerprint density at radius 3 is 2.19 bits per heavy atom. The second kappa shape index (κ2) is 9.53. The molecule has 3 rings (SSSR count). The van der Waals surface area contributed by atoms with Crippen LogP contribution >= 0.6 is 0 Å². The summed E-state index contributed by atoms with van der Waals surface area (Å²) in [5.74, 6) is 0.822. The first kappa shape index (κ1) is 22.2. The number of methoxy groups -OCH3 is 1. The largest absolute Gasteiger partial charge is 0.497 e. The van der Waals surface area contributed by atoms with Gasteiger partial charge in [-0.3, -0.25) is 9.52 Å². The van der Waals surface area contributed by atoms with Crippen molar-refractivity contribution >= 4 is 27.3 Å². The maximum absolute atomic E-state index is 12.6. The van der Waals surface area contributed by atoms with E-state index in [4.69, 9.17) is 9.47 Å². The van der Waals surface area contributed by atoms with Crippen LogP contribution in [0.5, 0.6) is 11.5 Å². The molecule has 8 heteroatoms. The molecule has 7 nitrogen and oxygen atoms in total. The van der Waals surface area contributed by atoms with E-state index in [9.17, 15) is 13.2 Å². The van der Waals surface area contributed by atoms with E-state index in [0.29, 0.717) is 22.9 Å². The summed E-state index contributed by atoms with van der Waals surface area (Å²) in [4.78, 5) is 12.2. The first-order chi connectivity index (χ1) is 14.7. The topological polar surface area (TPSA) is 93.7 Å². The van der Waals surface area contributed by atoms with Gasteiger partial charge < -0.3 is 14.8 Å². The molecule has 0 aliphatic rings. The normalized spacial score (nSPS) is 10.9. The zero-order chi connectivity index (χ0) is 22.4. The molecular weight excluding hydrogens is 416 g/mol. The summed E-state index contributed by atoms with van der Waals surface area (Å²) >= 11 is 0. The van der Waals surface area contributed by atoms with Crippen molar-refractivity contribution in [2.75, 3.05) is 23.8 Å². The fraction of sp³-hybridized carbons (Fsp3) is 0.174. The zero-order valence-electron chi connectivity index (χ0n) is 17.5. The Kier molecular flexibility index (Phi) is 6.81. The maximum atomic E-state index is 12.6. The Labute approximate surface area is 182 Å². The third-order valence-electron chi connectivity index (χ3n) is 4.34. The number of benzene rings is 3. The molecular formula is C23H24N2O5S. The number of hydrogen-bond acceptors (Lipinski definition) is 5. The highest BCUT2D eigenvalue weighted by atomic mass is 32.2. The molecule has 0 atom stereocenters. The Hall–Kier alpha value is -3.52. The number of rotatable bonds is 8. The molecule has 3 aromatic carbocycles. The van der Waals surface area contributed by atoms with Gasteiger partial charge in [-0.05, 0) is 73.5 Å². The summed E-state index contributed by atoms with van der Waals surface area (Å²) in [6.45, 7) is 3.76. The van der Waals surface area contributed by atoms with Gasteiger partial charge in [0.1, 0.15) is 11.5 Å². The molecule has 2 N–H and O–H groups in total. The van der Waals surface area contributed by atoms with E-state index in [0.717, 1.165) is 11.1 Å². The Balaban J connectivity index is 1.60. The third kappa shape index (κ3) is 6.23. The maximum Gasteiger partial charge on any atom is 0.262 e. The second-order valence-corrected chi connectivity index (χ2v) is 8.70. The molecule has 0 radical (unpaired) electrons. The summed E-state index contributed by atoms with van der Waals surface area (Å²) in [5.41, 5.74) is 2.96. The second-order valence-electron chi connectivity index (χ2n) is 7.02. The highest BCUT2D eigenvalue weighted by Crippen LogP contribution is 2.22. The lowest BCUT2D eigenvalue weighted by Gasteiger charge is -2.11. The first-order valence-electron chi connectivity index (χ1n) is 9.53. The molecule has 0 aromatic heterocycles. The van der Waals surface area contributed by atoms with Crippen LogP contribution in [0.25, 0.3) is 0 Å². The number of nitrogens with one attached hydrogen (secondary N) is 2. The van der Waals surface area contributed by atoms with Gasteiger partial charge in [0.2, 0.25) is 0 Å². The van der Waals surface area contributed by atoms with Crippen LogP contribution in [0, 0.1) is 13.8 Å². The number of hydrogen-bond donors (Lipinski definition) is 2. The van der Waals surface area contributed by atoms with Gasteiger partial charge in [-0.1, -0.05) is 12.1 Å². The third-order valence-corrected chi connectivity index (χ3v) is 5.73. The monoisotopic (exact) mass is 440 g/mol. The van der Waals surface area contributed by atoms with Crippen molar-refractivity contribution in [3.8, 4) is 11.5 Å². The van der Waals surface area contributed by atoms with E-state index in [1.807, 2.05) is 32.0 Å². The number of amides is 1. The fourth-order valence-corrected chi connectivity index (χ4v) is 4.03. The molecule has 162 valence electrons. The van der Waals surface area contributed by atoms with Gasteiger partial charge in [0.15, 0.2) is 6.61 Å². The van der Waals surface area contributed by atoms with Crippen LogP contribution in [0.2, 0.25) is 0 Å². The predicted octanol–water partition coefficient (Wildman–Crippen LogP) is 4.13. The number of carbonyl (C=O) groups is 1. The van der Waals surface area contributed by atoms with E-state index in [-0.39, 0.29) is 17.4 Å². The Morgan fingerprint density at radius 1 is 0.871 bits per heavy atom. The van der Waals surface area contributed by atoms with Crippen LogP contribution in [0.4, 0.5) is 11.4 Å². The number of anilines is 2. The fourth-order valence-electron chi connectivity index (χ4n) is 2.98. The van der Waals surface area contributed by atoms with Gasteiger partial charge in [0.05, 0.1) is 17.7 Å². The molecule has 1 amide bonds. The van der Waals surface area contributed by atoms with Crippen LogP contribution in [-0.2, 0) is 14.8 Å². The van der Waals surface area contributed by atoms with E-state index in [1.54, 1.807) is 24.3 Å². The van der Waals surface area contributed by atoms with E-state index in [2.05, 4.69) is 10.0 Å². The number of carbonyl (C=O) groups excluding carboxylic acids is 1. The first-order valence-corrected chi connectivity index (χ1v) is 11.0. The molecule has 0 bridgehead atoms. The van der Waals surface area contributed by atoms with Gasteiger partial charge in [-0.2, -0.15) is 0 Å². The lowest BCUT2D eigenvalue weighted by Crippen LogP contribution is -2.20. The van der Waals surface area contributed by atoms with Crippen molar-refractivity contribution < 1.29 is 22.7 Å². The Morgan fingerprint density at radius 2 is 1.55 bits per heavy atom. The van der Waals surface area contributed by atoms with E-state index < -0.39 is 10.0 Å². The number of ether oxygens (including phenoxy) is 2. The molecule has 0 fully saturated rings. The summed E-state index contributed by atoms with van der Waals surface area (Å²) in [5, 5.41) is 2.69. The van der Waals surface area contributed by atoms with Crippen molar-refractivity contribution in [1.82, 2.24) is 0 Å². The molecule has 31 heavy (non-hydrogen) atoms. The van der Waals surface area contributed by atoms with Crippen LogP contribution in [-0.4, -0.2) is 28.0 Å². The molecule has 3 aromatic rings. The lowest BCUT2D eigenvalue weighted by molar-refractivity contribution is -0.118. The van der Waals surface area contributed by atoms with Gasteiger partial charge in [0.25, 0.3) is 15.9 Å². The molecule has 0 saturated carbocycles. The van der Waals surface area contributed by atoms with Crippen molar-refractivity contribution in [2.45, 2.75) is 18.7 Å².